The normalized spacial score (nSPS) is 14.1. The van der Waals surface area contributed by atoms with Gasteiger partial charge in [0.15, 0.2) is 6.10 Å². The van der Waals surface area contributed by atoms with Gasteiger partial charge in [0.25, 0.3) is 5.91 Å². The first kappa shape index (κ1) is 20.8. The summed E-state index contributed by atoms with van der Waals surface area (Å²) in [6.07, 6.45) is -1.01. The highest BCUT2D eigenvalue weighted by atomic mass is 16.5. The molecule has 3 rings (SSSR count). The van der Waals surface area contributed by atoms with Crippen LogP contribution < -0.4 is 15.4 Å². The molecule has 1 fully saturated rings. The molecular formula is C21H21N3O6. The van der Waals surface area contributed by atoms with Crippen LogP contribution in [0.2, 0.25) is 0 Å². The maximum atomic E-state index is 12.3. The molecule has 30 heavy (non-hydrogen) atoms. The zero-order valence-electron chi connectivity index (χ0n) is 16.5. The minimum absolute atomic E-state index is 0.0142. The SMILES string of the molecule is COc1ccc(NC(=O)C(C)OC(=O)c2ccc(CN3C(=O)CNC3=O)cc2)cc1. The number of anilines is 1. The third-order valence-corrected chi connectivity index (χ3v) is 4.48. The minimum Gasteiger partial charge on any atom is -0.497 e. The molecule has 1 saturated heterocycles. The average Bonchev–Trinajstić information content (AvgIpc) is 3.06. The molecule has 2 N–H and O–H groups in total. The molecule has 0 radical (unpaired) electrons. The lowest BCUT2D eigenvalue weighted by atomic mass is 10.1. The summed E-state index contributed by atoms with van der Waals surface area (Å²) in [5.74, 6) is -0.775. The van der Waals surface area contributed by atoms with E-state index in [0.29, 0.717) is 17.0 Å². The molecule has 1 aliphatic rings. The number of carbonyl (C=O) groups excluding carboxylic acids is 4. The summed E-state index contributed by atoms with van der Waals surface area (Å²) in [6, 6.07) is 12.6. The molecule has 0 aliphatic carbocycles. The van der Waals surface area contributed by atoms with Crippen molar-refractivity contribution >= 4 is 29.5 Å². The van der Waals surface area contributed by atoms with Gasteiger partial charge in [-0.25, -0.2) is 9.59 Å². The first-order chi connectivity index (χ1) is 14.4. The van der Waals surface area contributed by atoms with Gasteiger partial charge in [-0.05, 0) is 48.9 Å². The first-order valence-electron chi connectivity index (χ1n) is 9.20. The number of benzene rings is 2. The fourth-order valence-electron chi connectivity index (χ4n) is 2.74. The summed E-state index contributed by atoms with van der Waals surface area (Å²) in [4.78, 5) is 48.9. The first-order valence-corrected chi connectivity index (χ1v) is 9.20. The number of amides is 4. The number of methoxy groups -OCH3 is 1. The summed E-state index contributed by atoms with van der Waals surface area (Å²) in [5, 5.41) is 5.10. The fourth-order valence-corrected chi connectivity index (χ4v) is 2.74. The van der Waals surface area contributed by atoms with Crippen molar-refractivity contribution in [1.29, 1.82) is 0 Å². The molecule has 1 aliphatic heterocycles. The second-order valence-corrected chi connectivity index (χ2v) is 6.60. The van der Waals surface area contributed by atoms with E-state index in [1.54, 1.807) is 43.5 Å². The van der Waals surface area contributed by atoms with E-state index in [1.165, 1.54) is 19.1 Å². The molecule has 9 nitrogen and oxygen atoms in total. The Morgan fingerprint density at radius 2 is 1.77 bits per heavy atom. The van der Waals surface area contributed by atoms with Crippen molar-refractivity contribution in [2.24, 2.45) is 0 Å². The number of rotatable bonds is 7. The van der Waals surface area contributed by atoms with Crippen molar-refractivity contribution in [2.75, 3.05) is 19.0 Å². The Morgan fingerprint density at radius 1 is 1.10 bits per heavy atom. The molecule has 0 bridgehead atoms. The van der Waals surface area contributed by atoms with Crippen molar-refractivity contribution in [3.8, 4) is 5.75 Å². The number of nitrogens with one attached hydrogen (secondary N) is 2. The smallest absolute Gasteiger partial charge is 0.338 e. The van der Waals surface area contributed by atoms with Gasteiger partial charge in [0, 0.05) is 5.69 Å². The summed E-state index contributed by atoms with van der Waals surface area (Å²) in [5.41, 5.74) is 1.48. The number of ether oxygens (including phenoxy) is 2. The molecule has 156 valence electrons. The standard InChI is InChI=1S/C21H21N3O6/c1-13(19(26)23-16-7-9-17(29-2)10-8-16)30-20(27)15-5-3-14(4-6-15)12-24-18(25)11-22-21(24)28/h3-10,13H,11-12H2,1-2H3,(H,22,28)(H,23,26). The summed E-state index contributed by atoms with van der Waals surface area (Å²) in [7, 11) is 1.55. The number of carbonyl (C=O) groups is 4. The van der Waals surface area contributed by atoms with E-state index in [9.17, 15) is 19.2 Å². The molecule has 0 saturated carbocycles. The Kier molecular flexibility index (Phi) is 6.31. The summed E-state index contributed by atoms with van der Waals surface area (Å²) in [6.45, 7) is 1.57. The van der Waals surface area contributed by atoms with Gasteiger partial charge in [0.05, 0.1) is 25.8 Å². The molecule has 0 aromatic heterocycles. The lowest BCUT2D eigenvalue weighted by molar-refractivity contribution is -0.125. The van der Waals surface area contributed by atoms with Crippen molar-refractivity contribution in [1.82, 2.24) is 10.2 Å². The van der Waals surface area contributed by atoms with Gasteiger partial charge < -0.3 is 20.1 Å². The molecule has 2 aromatic carbocycles. The van der Waals surface area contributed by atoms with Crippen LogP contribution in [0.25, 0.3) is 0 Å². The topological polar surface area (TPSA) is 114 Å². The van der Waals surface area contributed by atoms with E-state index in [4.69, 9.17) is 9.47 Å². The van der Waals surface area contributed by atoms with Crippen LogP contribution in [0.4, 0.5) is 10.5 Å². The molecular weight excluding hydrogens is 390 g/mol. The van der Waals surface area contributed by atoms with Crippen LogP contribution in [0, 0.1) is 0 Å². The molecule has 4 amide bonds. The maximum Gasteiger partial charge on any atom is 0.338 e. The second kappa shape index (κ2) is 9.08. The highest BCUT2D eigenvalue weighted by Crippen LogP contribution is 2.16. The Balaban J connectivity index is 1.54. The van der Waals surface area contributed by atoms with E-state index >= 15 is 0 Å². The lowest BCUT2D eigenvalue weighted by Gasteiger charge is -2.15. The quantitative estimate of drug-likeness (QED) is 0.532. The molecule has 1 unspecified atom stereocenters. The van der Waals surface area contributed by atoms with Gasteiger partial charge in [0.1, 0.15) is 5.75 Å². The van der Waals surface area contributed by atoms with Gasteiger partial charge in [-0.1, -0.05) is 12.1 Å². The number of hydrogen-bond donors (Lipinski definition) is 2. The predicted molar refractivity (Wildman–Crippen MR) is 107 cm³/mol. The fraction of sp³-hybridized carbons (Fsp3) is 0.238. The highest BCUT2D eigenvalue weighted by molar-refractivity contribution is 6.02. The van der Waals surface area contributed by atoms with Gasteiger partial charge in [-0.2, -0.15) is 0 Å². The van der Waals surface area contributed by atoms with Gasteiger partial charge in [-0.15, -0.1) is 0 Å². The Hall–Kier alpha value is -3.88. The predicted octanol–water partition coefficient (Wildman–Crippen LogP) is 1.93. The average molecular weight is 411 g/mol. The van der Waals surface area contributed by atoms with Crippen LogP contribution >= 0.6 is 0 Å². The largest absolute Gasteiger partial charge is 0.497 e. The van der Waals surface area contributed by atoms with E-state index in [1.807, 2.05) is 0 Å². The van der Waals surface area contributed by atoms with Crippen LogP contribution in [0.3, 0.4) is 0 Å². The van der Waals surface area contributed by atoms with E-state index in [2.05, 4.69) is 10.6 Å². The van der Waals surface area contributed by atoms with Crippen molar-refractivity contribution < 1.29 is 28.7 Å². The second-order valence-electron chi connectivity index (χ2n) is 6.60. The molecule has 0 spiro atoms. The third kappa shape index (κ3) is 4.93. The zero-order valence-corrected chi connectivity index (χ0v) is 16.5. The Labute approximate surface area is 172 Å². The number of nitrogens with zero attached hydrogens (tertiary/aromatic N) is 1. The summed E-state index contributed by atoms with van der Waals surface area (Å²) >= 11 is 0. The molecule has 1 heterocycles. The number of hydrogen-bond acceptors (Lipinski definition) is 6. The van der Waals surface area contributed by atoms with Gasteiger partial charge in [0.2, 0.25) is 5.91 Å². The van der Waals surface area contributed by atoms with Gasteiger partial charge >= 0.3 is 12.0 Å². The molecule has 1 atom stereocenters. The monoisotopic (exact) mass is 411 g/mol. The van der Waals surface area contributed by atoms with Crippen molar-refractivity contribution in [3.63, 3.8) is 0 Å². The van der Waals surface area contributed by atoms with E-state index < -0.39 is 24.0 Å². The van der Waals surface area contributed by atoms with Crippen LogP contribution in [-0.4, -0.2) is 48.5 Å². The molecule has 9 heteroatoms. The Bertz CT molecular complexity index is 940. The third-order valence-electron chi connectivity index (χ3n) is 4.48. The Morgan fingerprint density at radius 3 is 2.33 bits per heavy atom. The maximum absolute atomic E-state index is 12.3. The van der Waals surface area contributed by atoms with Crippen LogP contribution in [-0.2, 0) is 20.9 Å². The van der Waals surface area contributed by atoms with Crippen LogP contribution in [0.1, 0.15) is 22.8 Å². The summed E-state index contributed by atoms with van der Waals surface area (Å²) < 4.78 is 10.3. The van der Waals surface area contributed by atoms with Gasteiger partial charge in [-0.3, -0.25) is 14.5 Å². The number of urea groups is 1. The van der Waals surface area contributed by atoms with E-state index in [0.717, 1.165) is 4.90 Å². The minimum atomic E-state index is -1.01. The van der Waals surface area contributed by atoms with E-state index in [-0.39, 0.29) is 24.6 Å². The van der Waals surface area contributed by atoms with Crippen molar-refractivity contribution in [3.05, 3.63) is 59.7 Å². The number of imide groups is 1. The van der Waals surface area contributed by atoms with Crippen molar-refractivity contribution in [2.45, 2.75) is 19.6 Å². The molecule has 2 aromatic rings. The highest BCUT2D eigenvalue weighted by Gasteiger charge is 2.28. The van der Waals surface area contributed by atoms with Crippen LogP contribution in [0.5, 0.6) is 5.75 Å². The number of esters is 1. The van der Waals surface area contributed by atoms with Crippen LogP contribution in [0.15, 0.2) is 48.5 Å². The zero-order chi connectivity index (χ0) is 21.7. The lowest BCUT2D eigenvalue weighted by Crippen LogP contribution is -2.30.